The number of carbonyl (C=O) groups is 1. The van der Waals surface area contributed by atoms with E-state index < -0.39 is 0 Å². The van der Waals surface area contributed by atoms with Gasteiger partial charge in [-0.2, -0.15) is 5.10 Å². The van der Waals surface area contributed by atoms with Crippen molar-refractivity contribution in [1.29, 1.82) is 0 Å². The maximum Gasteiger partial charge on any atom is 0.248 e. The first-order valence-electron chi connectivity index (χ1n) is 6.84. The Morgan fingerprint density at radius 1 is 1.40 bits per heavy atom. The van der Waals surface area contributed by atoms with Crippen LogP contribution in [0.5, 0.6) is 0 Å². The zero-order chi connectivity index (χ0) is 14.1. The average Bonchev–Trinajstić information content (AvgIpc) is 3.04. The molecular weight excluding hydrogens is 252 g/mol. The number of hydrogen-bond acceptors (Lipinski definition) is 3. The van der Waals surface area contributed by atoms with Crippen molar-refractivity contribution in [3.05, 3.63) is 41.6 Å². The molecule has 1 aliphatic rings. The molecule has 1 amide bonds. The third-order valence-electron chi connectivity index (χ3n) is 3.56. The number of nitrogens with zero attached hydrogens (tertiary/aromatic N) is 1. The van der Waals surface area contributed by atoms with Gasteiger partial charge in [-0.3, -0.25) is 9.89 Å². The van der Waals surface area contributed by atoms with E-state index in [9.17, 15) is 4.79 Å². The monoisotopic (exact) mass is 270 g/mol. The van der Waals surface area contributed by atoms with E-state index in [0.717, 1.165) is 11.4 Å². The number of fused-ring (bicyclic) bond motifs is 1. The summed E-state index contributed by atoms with van der Waals surface area (Å²) >= 11 is 0. The molecule has 3 N–H and O–H groups in total. The first-order valence-corrected chi connectivity index (χ1v) is 6.84. The van der Waals surface area contributed by atoms with Crippen LogP contribution in [0.25, 0.3) is 0 Å². The molecule has 20 heavy (non-hydrogen) atoms. The lowest BCUT2D eigenvalue weighted by Gasteiger charge is -2.10. The zero-order valence-corrected chi connectivity index (χ0v) is 11.6. The summed E-state index contributed by atoms with van der Waals surface area (Å²) in [6, 6.07) is 9.64. The van der Waals surface area contributed by atoms with Crippen LogP contribution in [0.1, 0.15) is 31.0 Å². The summed E-state index contributed by atoms with van der Waals surface area (Å²) < 4.78 is 0. The van der Waals surface area contributed by atoms with Crippen molar-refractivity contribution in [2.75, 3.05) is 10.6 Å². The molecule has 5 heteroatoms. The predicted octanol–water partition coefficient (Wildman–Crippen LogP) is 2.51. The summed E-state index contributed by atoms with van der Waals surface area (Å²) in [5, 5.41) is 13.1. The Hall–Kier alpha value is -2.30. The second-order valence-electron chi connectivity index (χ2n) is 5.41. The number of para-hydroxylation sites is 1. The van der Waals surface area contributed by atoms with E-state index in [0.29, 0.717) is 18.2 Å². The lowest BCUT2D eigenvalue weighted by molar-refractivity contribution is -0.116. The molecule has 1 aliphatic heterocycles. The second-order valence-corrected chi connectivity index (χ2v) is 5.41. The van der Waals surface area contributed by atoms with Gasteiger partial charge in [0.15, 0.2) is 5.82 Å². The Bertz CT molecular complexity index is 607. The van der Waals surface area contributed by atoms with Crippen molar-refractivity contribution in [3.8, 4) is 0 Å². The lowest BCUT2D eigenvalue weighted by atomic mass is 10.1. The molecule has 2 heterocycles. The van der Waals surface area contributed by atoms with Gasteiger partial charge in [-0.05, 0) is 17.5 Å². The van der Waals surface area contributed by atoms with Crippen LogP contribution in [0, 0.1) is 0 Å². The topological polar surface area (TPSA) is 69.8 Å². The van der Waals surface area contributed by atoms with Crippen LogP contribution in [0.3, 0.4) is 0 Å². The van der Waals surface area contributed by atoms with Gasteiger partial charge in [0.1, 0.15) is 6.04 Å². The van der Waals surface area contributed by atoms with E-state index in [1.165, 1.54) is 5.56 Å². The van der Waals surface area contributed by atoms with Gasteiger partial charge < -0.3 is 10.6 Å². The Kier molecular flexibility index (Phi) is 3.18. The quantitative estimate of drug-likeness (QED) is 0.802. The van der Waals surface area contributed by atoms with Crippen LogP contribution >= 0.6 is 0 Å². The molecular formula is C15H18N4O. The van der Waals surface area contributed by atoms with E-state index >= 15 is 0 Å². The van der Waals surface area contributed by atoms with Crippen molar-refractivity contribution in [2.24, 2.45) is 0 Å². The number of anilines is 2. The molecule has 1 aromatic heterocycles. The molecule has 0 aliphatic carbocycles. The van der Waals surface area contributed by atoms with E-state index in [1.54, 1.807) is 0 Å². The summed E-state index contributed by atoms with van der Waals surface area (Å²) in [5.74, 6) is 0.890. The Morgan fingerprint density at radius 3 is 2.90 bits per heavy atom. The van der Waals surface area contributed by atoms with Crippen molar-refractivity contribution >= 4 is 17.4 Å². The van der Waals surface area contributed by atoms with Gasteiger partial charge in [0.05, 0.1) is 0 Å². The van der Waals surface area contributed by atoms with Crippen LogP contribution < -0.4 is 10.6 Å². The van der Waals surface area contributed by atoms with E-state index in [1.807, 2.05) is 30.3 Å². The van der Waals surface area contributed by atoms with Gasteiger partial charge in [-0.25, -0.2) is 0 Å². The predicted molar refractivity (Wildman–Crippen MR) is 78.9 cm³/mol. The van der Waals surface area contributed by atoms with Crippen LogP contribution in [0.2, 0.25) is 0 Å². The standard InChI is InChI=1S/C15H18N4O/c1-9(2)12-8-14(19-18-12)17-15(20)13-7-10-5-3-4-6-11(10)16-13/h3-6,8-9,13,16H,7H2,1-2H3,(H2,17,18,19,20). The number of H-pyrrole nitrogens is 1. The van der Waals surface area contributed by atoms with Gasteiger partial charge in [-0.1, -0.05) is 32.0 Å². The lowest BCUT2D eigenvalue weighted by Crippen LogP contribution is -2.32. The largest absolute Gasteiger partial charge is 0.373 e. The Labute approximate surface area is 117 Å². The SMILES string of the molecule is CC(C)c1cc(NC(=O)C2Cc3ccccc3N2)n[nH]1. The van der Waals surface area contributed by atoms with Crippen LogP contribution in [-0.2, 0) is 11.2 Å². The number of aromatic nitrogens is 2. The third kappa shape index (κ3) is 2.39. The summed E-state index contributed by atoms with van der Waals surface area (Å²) in [5.41, 5.74) is 3.23. The summed E-state index contributed by atoms with van der Waals surface area (Å²) in [6.07, 6.45) is 0.712. The van der Waals surface area contributed by atoms with Gasteiger partial charge in [0, 0.05) is 23.9 Å². The Balaban J connectivity index is 1.66. The highest BCUT2D eigenvalue weighted by Gasteiger charge is 2.26. The normalized spacial score (nSPS) is 16.9. The van der Waals surface area contributed by atoms with E-state index in [-0.39, 0.29) is 11.9 Å². The molecule has 5 nitrogen and oxygen atoms in total. The van der Waals surface area contributed by atoms with Crippen molar-refractivity contribution in [2.45, 2.75) is 32.2 Å². The molecule has 104 valence electrons. The molecule has 0 bridgehead atoms. The number of nitrogens with one attached hydrogen (secondary N) is 3. The maximum absolute atomic E-state index is 12.2. The molecule has 1 aromatic carbocycles. The molecule has 2 aromatic rings. The molecule has 0 saturated heterocycles. The van der Waals surface area contributed by atoms with Gasteiger partial charge in [0.25, 0.3) is 0 Å². The Morgan fingerprint density at radius 2 is 2.20 bits per heavy atom. The number of aromatic amines is 1. The number of benzene rings is 1. The minimum Gasteiger partial charge on any atom is -0.373 e. The highest BCUT2D eigenvalue weighted by molar-refractivity contribution is 5.97. The minimum atomic E-state index is -0.230. The fraction of sp³-hybridized carbons (Fsp3) is 0.333. The molecule has 0 fully saturated rings. The van der Waals surface area contributed by atoms with Gasteiger partial charge >= 0.3 is 0 Å². The molecule has 0 spiro atoms. The number of carbonyl (C=O) groups excluding carboxylic acids is 1. The average molecular weight is 270 g/mol. The second kappa shape index (κ2) is 5.00. The molecule has 0 saturated carbocycles. The van der Waals surface area contributed by atoms with Crippen molar-refractivity contribution < 1.29 is 4.79 Å². The molecule has 0 radical (unpaired) electrons. The molecule has 1 atom stereocenters. The summed E-state index contributed by atoms with van der Waals surface area (Å²) in [7, 11) is 0. The fourth-order valence-electron chi connectivity index (χ4n) is 2.37. The summed E-state index contributed by atoms with van der Waals surface area (Å²) in [4.78, 5) is 12.2. The maximum atomic E-state index is 12.2. The number of hydrogen-bond donors (Lipinski definition) is 3. The highest BCUT2D eigenvalue weighted by atomic mass is 16.2. The molecule has 3 rings (SSSR count). The first-order chi connectivity index (χ1) is 9.63. The number of amides is 1. The van der Waals surface area contributed by atoms with Crippen molar-refractivity contribution in [3.63, 3.8) is 0 Å². The van der Waals surface area contributed by atoms with Crippen LogP contribution in [0.15, 0.2) is 30.3 Å². The summed E-state index contributed by atoms with van der Waals surface area (Å²) in [6.45, 7) is 4.16. The fourth-order valence-corrected chi connectivity index (χ4v) is 2.37. The highest BCUT2D eigenvalue weighted by Crippen LogP contribution is 2.25. The van der Waals surface area contributed by atoms with E-state index in [4.69, 9.17) is 0 Å². The smallest absolute Gasteiger partial charge is 0.248 e. The van der Waals surface area contributed by atoms with Gasteiger partial charge in [-0.15, -0.1) is 0 Å². The zero-order valence-electron chi connectivity index (χ0n) is 11.6. The third-order valence-corrected chi connectivity index (χ3v) is 3.56. The minimum absolute atomic E-state index is 0.0528. The van der Waals surface area contributed by atoms with Crippen molar-refractivity contribution in [1.82, 2.24) is 10.2 Å². The van der Waals surface area contributed by atoms with E-state index in [2.05, 4.69) is 34.7 Å². The van der Waals surface area contributed by atoms with Crippen LogP contribution in [-0.4, -0.2) is 22.1 Å². The molecule has 1 unspecified atom stereocenters. The van der Waals surface area contributed by atoms with Gasteiger partial charge in [0.2, 0.25) is 5.91 Å². The first kappa shape index (κ1) is 12.7. The number of rotatable bonds is 3. The van der Waals surface area contributed by atoms with Crippen LogP contribution in [0.4, 0.5) is 11.5 Å².